The molecule has 0 bridgehead atoms. The minimum atomic E-state index is -3.76. The van der Waals surface area contributed by atoms with Gasteiger partial charge in [-0.1, -0.05) is 5.16 Å². The number of nitrogens with zero attached hydrogens (tertiary/aromatic N) is 1. The largest absolute Gasteiger partial charge is 0.357 e. The van der Waals surface area contributed by atoms with Crippen molar-refractivity contribution in [3.8, 4) is 0 Å². The van der Waals surface area contributed by atoms with Crippen LogP contribution in [-0.4, -0.2) is 35.7 Å². The zero-order chi connectivity index (χ0) is 17.3. The molecule has 1 aliphatic carbocycles. The van der Waals surface area contributed by atoms with Crippen LogP contribution in [0.5, 0.6) is 0 Å². The molecule has 9 heteroatoms. The number of hydrogen-bond acceptors (Lipinski definition) is 6. The zero-order valence-electron chi connectivity index (χ0n) is 12.9. The summed E-state index contributed by atoms with van der Waals surface area (Å²) in [6.45, 7) is 1.22. The summed E-state index contributed by atoms with van der Waals surface area (Å²) in [6, 6.07) is 1.50. The van der Waals surface area contributed by atoms with Crippen LogP contribution in [0, 0.1) is 5.92 Å². The third kappa shape index (κ3) is 3.97. The topological polar surface area (TPSA) is 110 Å². The van der Waals surface area contributed by atoms with Gasteiger partial charge < -0.3 is 4.52 Å². The Kier molecular flexibility index (Phi) is 4.90. The van der Waals surface area contributed by atoms with Crippen LogP contribution < -0.4 is 5.48 Å². The van der Waals surface area contributed by atoms with Crippen molar-refractivity contribution in [2.24, 2.45) is 5.92 Å². The number of nitrogens with one attached hydrogen (secondary N) is 1. The highest BCUT2D eigenvalue weighted by Crippen LogP contribution is 2.38. The third-order valence-electron chi connectivity index (χ3n) is 4.08. The van der Waals surface area contributed by atoms with Crippen molar-refractivity contribution in [2.75, 3.05) is 6.26 Å². The van der Waals surface area contributed by atoms with E-state index in [0.717, 1.165) is 19.1 Å². The molecule has 0 spiro atoms. The molecule has 1 amide bonds. The maximum atomic E-state index is 13.6. The standard InChI is InChI=1S/C14H19FN2O5S/c1-14(13(18)16-19,23(2,20)21)6-5-10-7-11(22-17-10)8-12(15)9-3-4-9/h7-9,19H,3-6H2,1-2H3,(H,16,18)/b12-8-/t14-/m1/s1. The van der Waals surface area contributed by atoms with E-state index in [-0.39, 0.29) is 30.3 Å². The number of aromatic nitrogens is 1. The first-order valence-corrected chi connectivity index (χ1v) is 9.03. The van der Waals surface area contributed by atoms with Crippen LogP contribution in [0.25, 0.3) is 6.08 Å². The predicted octanol–water partition coefficient (Wildman–Crippen LogP) is 1.64. The van der Waals surface area contributed by atoms with Crippen LogP contribution in [0.2, 0.25) is 0 Å². The van der Waals surface area contributed by atoms with E-state index >= 15 is 0 Å². The number of aryl methyl sites for hydroxylation is 1. The van der Waals surface area contributed by atoms with Crippen molar-refractivity contribution < 1.29 is 27.3 Å². The number of sulfone groups is 1. The zero-order valence-corrected chi connectivity index (χ0v) is 13.7. The monoisotopic (exact) mass is 346 g/mol. The number of hydrogen-bond donors (Lipinski definition) is 2. The number of carbonyl (C=O) groups is 1. The maximum absolute atomic E-state index is 13.6. The number of carbonyl (C=O) groups excluding carboxylic acids is 1. The molecular formula is C14H19FN2O5S. The van der Waals surface area contributed by atoms with Gasteiger partial charge in [0.15, 0.2) is 15.6 Å². The Morgan fingerprint density at radius 2 is 2.26 bits per heavy atom. The summed E-state index contributed by atoms with van der Waals surface area (Å²) >= 11 is 0. The Bertz CT molecular complexity index is 723. The van der Waals surface area contributed by atoms with Crippen LogP contribution in [-0.2, 0) is 21.1 Å². The van der Waals surface area contributed by atoms with Gasteiger partial charge >= 0.3 is 0 Å². The fraction of sp³-hybridized carbons (Fsp3) is 0.571. The van der Waals surface area contributed by atoms with E-state index in [1.54, 1.807) is 0 Å². The van der Waals surface area contributed by atoms with Crippen molar-refractivity contribution >= 4 is 21.8 Å². The van der Waals surface area contributed by atoms with Crippen LogP contribution in [0.15, 0.2) is 16.4 Å². The van der Waals surface area contributed by atoms with Gasteiger partial charge in [0.25, 0.3) is 5.91 Å². The van der Waals surface area contributed by atoms with Crippen molar-refractivity contribution in [3.63, 3.8) is 0 Å². The van der Waals surface area contributed by atoms with E-state index < -0.39 is 20.5 Å². The molecule has 1 aromatic rings. The molecule has 1 aromatic heterocycles. The van der Waals surface area contributed by atoms with Gasteiger partial charge in [-0.3, -0.25) is 10.0 Å². The molecule has 0 saturated heterocycles. The van der Waals surface area contributed by atoms with E-state index in [1.807, 2.05) is 0 Å². The highest BCUT2D eigenvalue weighted by Gasteiger charge is 2.43. The summed E-state index contributed by atoms with van der Waals surface area (Å²) in [5.41, 5.74) is 1.78. The molecule has 0 aliphatic heterocycles. The molecular weight excluding hydrogens is 327 g/mol. The number of allylic oxidation sites excluding steroid dienone is 1. The Morgan fingerprint density at radius 3 is 2.78 bits per heavy atom. The normalized spacial score (nSPS) is 18.5. The van der Waals surface area contributed by atoms with Gasteiger partial charge in [0.05, 0.1) is 5.69 Å². The maximum Gasteiger partial charge on any atom is 0.264 e. The van der Waals surface area contributed by atoms with Gasteiger partial charge in [-0.25, -0.2) is 18.3 Å². The lowest BCUT2D eigenvalue weighted by molar-refractivity contribution is -0.131. The summed E-state index contributed by atoms with van der Waals surface area (Å²) in [5, 5.41) is 12.5. The molecule has 0 radical (unpaired) electrons. The predicted molar refractivity (Wildman–Crippen MR) is 79.8 cm³/mol. The highest BCUT2D eigenvalue weighted by molar-refractivity contribution is 7.92. The quantitative estimate of drug-likeness (QED) is 0.574. The minimum Gasteiger partial charge on any atom is -0.357 e. The number of rotatable bonds is 7. The molecule has 1 atom stereocenters. The second kappa shape index (κ2) is 6.40. The van der Waals surface area contributed by atoms with Crippen LogP contribution in [0.3, 0.4) is 0 Å². The molecule has 2 N–H and O–H groups in total. The average Bonchev–Trinajstić information content (AvgIpc) is 3.24. The van der Waals surface area contributed by atoms with Gasteiger partial charge in [-0.15, -0.1) is 0 Å². The molecule has 1 fully saturated rings. The lowest BCUT2D eigenvalue weighted by atomic mass is 10.0. The Morgan fingerprint density at radius 1 is 1.61 bits per heavy atom. The highest BCUT2D eigenvalue weighted by atomic mass is 32.2. The SMILES string of the molecule is C[C@@](CCc1cc(/C=C(\F)C2CC2)on1)(C(=O)NO)S(C)(=O)=O. The van der Waals surface area contributed by atoms with Gasteiger partial charge in [-0.05, 0) is 32.6 Å². The first-order chi connectivity index (χ1) is 10.7. The second-order valence-electron chi connectivity index (χ2n) is 5.97. The van der Waals surface area contributed by atoms with Gasteiger partial charge in [0.1, 0.15) is 10.6 Å². The molecule has 1 aliphatic rings. The van der Waals surface area contributed by atoms with E-state index in [0.29, 0.717) is 5.69 Å². The van der Waals surface area contributed by atoms with E-state index in [9.17, 15) is 17.6 Å². The Balaban J connectivity index is 2.08. The van der Waals surface area contributed by atoms with Crippen molar-refractivity contribution in [1.82, 2.24) is 10.6 Å². The molecule has 1 heterocycles. The lowest BCUT2D eigenvalue weighted by Gasteiger charge is -2.24. The molecule has 128 valence electrons. The summed E-state index contributed by atoms with van der Waals surface area (Å²) in [4.78, 5) is 11.7. The lowest BCUT2D eigenvalue weighted by Crippen LogP contribution is -2.49. The second-order valence-corrected chi connectivity index (χ2v) is 8.41. The molecule has 7 nitrogen and oxygen atoms in total. The number of hydroxylamine groups is 1. The molecule has 1 saturated carbocycles. The van der Waals surface area contributed by atoms with Crippen LogP contribution in [0.1, 0.15) is 37.6 Å². The molecule has 0 aromatic carbocycles. The van der Waals surface area contributed by atoms with Crippen LogP contribution in [0.4, 0.5) is 4.39 Å². The van der Waals surface area contributed by atoms with Gasteiger partial charge in [0, 0.05) is 24.3 Å². The Hall–Kier alpha value is -1.74. The summed E-state index contributed by atoms with van der Waals surface area (Å²) in [7, 11) is -3.76. The number of amides is 1. The smallest absolute Gasteiger partial charge is 0.264 e. The van der Waals surface area contributed by atoms with Crippen molar-refractivity contribution in [3.05, 3.63) is 23.3 Å². The van der Waals surface area contributed by atoms with E-state index in [4.69, 9.17) is 9.73 Å². The van der Waals surface area contributed by atoms with Crippen molar-refractivity contribution in [1.29, 1.82) is 0 Å². The average molecular weight is 346 g/mol. The molecule has 0 unspecified atom stereocenters. The van der Waals surface area contributed by atoms with Crippen LogP contribution >= 0.6 is 0 Å². The number of halogens is 1. The fourth-order valence-electron chi connectivity index (χ4n) is 2.08. The van der Waals surface area contributed by atoms with E-state index in [1.165, 1.54) is 24.5 Å². The molecule has 23 heavy (non-hydrogen) atoms. The first-order valence-electron chi connectivity index (χ1n) is 7.14. The van der Waals surface area contributed by atoms with Crippen molar-refractivity contribution in [2.45, 2.75) is 37.4 Å². The Labute approximate surface area is 133 Å². The summed E-state index contributed by atoms with van der Waals surface area (Å²) < 4.78 is 40.4. The van der Waals surface area contributed by atoms with Gasteiger partial charge in [0.2, 0.25) is 0 Å². The summed E-state index contributed by atoms with van der Waals surface area (Å²) in [6.07, 6.45) is 3.87. The van der Waals surface area contributed by atoms with E-state index in [2.05, 4.69) is 5.16 Å². The third-order valence-corrected chi connectivity index (χ3v) is 6.11. The minimum absolute atomic E-state index is 0.0367. The molecule has 2 rings (SSSR count). The first kappa shape index (κ1) is 17.6. The summed E-state index contributed by atoms with van der Waals surface area (Å²) in [5.74, 6) is -1.06. The van der Waals surface area contributed by atoms with Gasteiger partial charge in [-0.2, -0.15) is 0 Å². The fourth-order valence-corrected chi connectivity index (χ4v) is 2.93.